The lowest BCUT2D eigenvalue weighted by Crippen LogP contribution is -1.90. The maximum absolute atomic E-state index is 3.99. The molecule has 0 aromatic carbocycles. The molecule has 2 nitrogen and oxygen atoms in total. The Bertz CT molecular complexity index is 198. The first kappa shape index (κ1) is 8.05. The maximum atomic E-state index is 3.99. The Morgan fingerprint density at radius 3 is 3.00 bits per heavy atom. The summed E-state index contributed by atoms with van der Waals surface area (Å²) in [6.07, 6.45) is 4.87. The van der Waals surface area contributed by atoms with Gasteiger partial charge in [0.1, 0.15) is 0 Å². The van der Waals surface area contributed by atoms with Crippen molar-refractivity contribution < 1.29 is 0 Å². The summed E-state index contributed by atoms with van der Waals surface area (Å²) in [6.45, 7) is 5.07. The van der Waals surface area contributed by atoms with Crippen LogP contribution in [0, 0.1) is 0 Å². The van der Waals surface area contributed by atoms with Crippen LogP contribution in [0.3, 0.4) is 0 Å². The molecule has 2 rings (SSSR count). The highest BCUT2D eigenvalue weighted by Gasteiger charge is 2.06. The predicted octanol–water partition coefficient (Wildman–Crippen LogP) is 2.08. The molecule has 1 N–H and O–H groups in total. The first-order valence-corrected chi connectivity index (χ1v) is 4.13. The monoisotopic (exact) mass is 150 g/mol. The van der Waals surface area contributed by atoms with Gasteiger partial charge < -0.3 is 5.32 Å². The molecule has 0 amide bonds. The van der Waals surface area contributed by atoms with E-state index >= 15 is 0 Å². The van der Waals surface area contributed by atoms with Gasteiger partial charge in [-0.05, 0) is 18.1 Å². The van der Waals surface area contributed by atoms with E-state index in [9.17, 15) is 0 Å². The first-order valence-electron chi connectivity index (χ1n) is 4.13. The van der Waals surface area contributed by atoms with Gasteiger partial charge in [-0.1, -0.05) is 13.8 Å². The SMILES string of the molecule is CC.c1cc2c(cn1)NCC2. The lowest BCUT2D eigenvalue weighted by molar-refractivity contribution is 1.10. The van der Waals surface area contributed by atoms with Gasteiger partial charge in [-0.15, -0.1) is 0 Å². The van der Waals surface area contributed by atoms with Crippen molar-refractivity contribution in [3.05, 3.63) is 24.0 Å². The van der Waals surface area contributed by atoms with Gasteiger partial charge in [0.2, 0.25) is 0 Å². The van der Waals surface area contributed by atoms with Crippen LogP contribution in [0.1, 0.15) is 19.4 Å². The molecule has 11 heavy (non-hydrogen) atoms. The Morgan fingerprint density at radius 1 is 1.45 bits per heavy atom. The zero-order valence-corrected chi connectivity index (χ0v) is 7.09. The molecular formula is C9H14N2. The lowest BCUT2D eigenvalue weighted by atomic mass is 10.2. The summed E-state index contributed by atoms with van der Waals surface area (Å²) in [5.74, 6) is 0. The number of pyridine rings is 1. The largest absolute Gasteiger partial charge is 0.383 e. The van der Waals surface area contributed by atoms with Crippen LogP contribution in [0.4, 0.5) is 5.69 Å². The van der Waals surface area contributed by atoms with Gasteiger partial charge in [0.25, 0.3) is 0 Å². The summed E-state index contributed by atoms with van der Waals surface area (Å²) in [7, 11) is 0. The Kier molecular flexibility index (Phi) is 2.90. The van der Waals surface area contributed by atoms with E-state index in [1.807, 2.05) is 26.2 Å². The highest BCUT2D eigenvalue weighted by Crippen LogP contribution is 2.18. The average molecular weight is 150 g/mol. The third-order valence-corrected chi connectivity index (χ3v) is 1.62. The summed E-state index contributed by atoms with van der Waals surface area (Å²) in [5.41, 5.74) is 2.60. The number of hydrogen-bond acceptors (Lipinski definition) is 2. The fraction of sp³-hybridized carbons (Fsp3) is 0.444. The number of nitrogens with zero attached hydrogens (tertiary/aromatic N) is 1. The number of aromatic nitrogens is 1. The highest BCUT2D eigenvalue weighted by atomic mass is 14.9. The molecule has 0 aliphatic carbocycles. The second-order valence-electron chi connectivity index (χ2n) is 2.21. The second kappa shape index (κ2) is 3.96. The smallest absolute Gasteiger partial charge is 0.0560 e. The van der Waals surface area contributed by atoms with Gasteiger partial charge >= 0.3 is 0 Å². The molecular weight excluding hydrogens is 136 g/mol. The van der Waals surface area contributed by atoms with Gasteiger partial charge in [-0.25, -0.2) is 0 Å². The van der Waals surface area contributed by atoms with Crippen LogP contribution < -0.4 is 5.32 Å². The molecule has 1 aliphatic heterocycles. The Hall–Kier alpha value is -1.05. The van der Waals surface area contributed by atoms with E-state index in [1.165, 1.54) is 11.3 Å². The fourth-order valence-electron chi connectivity index (χ4n) is 1.13. The average Bonchev–Trinajstić information content (AvgIpc) is 2.55. The van der Waals surface area contributed by atoms with Crippen LogP contribution in [0.15, 0.2) is 18.5 Å². The van der Waals surface area contributed by atoms with Gasteiger partial charge in [-0.2, -0.15) is 0 Å². The summed E-state index contributed by atoms with van der Waals surface area (Å²) in [4.78, 5) is 3.99. The van der Waals surface area contributed by atoms with E-state index < -0.39 is 0 Å². The van der Waals surface area contributed by atoms with E-state index in [0.29, 0.717) is 0 Å². The van der Waals surface area contributed by atoms with Crippen molar-refractivity contribution in [1.29, 1.82) is 0 Å². The lowest BCUT2D eigenvalue weighted by Gasteiger charge is -1.93. The van der Waals surface area contributed by atoms with Crippen molar-refractivity contribution in [2.24, 2.45) is 0 Å². The number of fused-ring (bicyclic) bond motifs is 1. The van der Waals surface area contributed by atoms with Crippen molar-refractivity contribution in [3.8, 4) is 0 Å². The summed E-state index contributed by atoms with van der Waals surface area (Å²) < 4.78 is 0. The zero-order chi connectivity index (χ0) is 8.10. The molecule has 0 saturated carbocycles. The van der Waals surface area contributed by atoms with Crippen molar-refractivity contribution in [2.75, 3.05) is 11.9 Å². The molecule has 1 aromatic rings. The van der Waals surface area contributed by atoms with Crippen LogP contribution >= 0.6 is 0 Å². The molecule has 0 unspecified atom stereocenters. The van der Waals surface area contributed by atoms with E-state index in [4.69, 9.17) is 0 Å². The fourth-order valence-corrected chi connectivity index (χ4v) is 1.13. The van der Waals surface area contributed by atoms with Crippen LogP contribution in [-0.2, 0) is 6.42 Å². The minimum atomic E-state index is 1.07. The second-order valence-corrected chi connectivity index (χ2v) is 2.21. The number of rotatable bonds is 0. The van der Waals surface area contributed by atoms with Crippen LogP contribution in [0.25, 0.3) is 0 Å². The molecule has 1 aliphatic rings. The Balaban J connectivity index is 0.000000281. The number of anilines is 1. The Morgan fingerprint density at radius 2 is 2.27 bits per heavy atom. The van der Waals surface area contributed by atoms with Crippen molar-refractivity contribution >= 4 is 5.69 Å². The molecule has 0 atom stereocenters. The Labute approximate surface area is 67.7 Å². The molecule has 1 aromatic heterocycles. The summed E-state index contributed by atoms with van der Waals surface area (Å²) in [6, 6.07) is 2.06. The topological polar surface area (TPSA) is 24.9 Å². The molecule has 2 heteroatoms. The maximum Gasteiger partial charge on any atom is 0.0560 e. The third-order valence-electron chi connectivity index (χ3n) is 1.62. The first-order chi connectivity index (χ1) is 5.47. The molecule has 2 heterocycles. The van der Waals surface area contributed by atoms with E-state index in [-0.39, 0.29) is 0 Å². The molecule has 0 spiro atoms. The quantitative estimate of drug-likeness (QED) is 0.612. The molecule has 0 radical (unpaired) electrons. The standard InChI is InChI=1S/C7H8N2.C2H6/c1-3-8-5-7-6(1)2-4-9-7;1-2/h1,3,5,9H,2,4H2;1-2H3. The predicted molar refractivity (Wildman–Crippen MR) is 47.8 cm³/mol. The number of nitrogens with one attached hydrogen (secondary N) is 1. The van der Waals surface area contributed by atoms with Gasteiger partial charge in [0, 0.05) is 12.7 Å². The molecule has 0 fully saturated rings. The normalized spacial score (nSPS) is 12.5. The highest BCUT2D eigenvalue weighted by molar-refractivity contribution is 5.52. The van der Waals surface area contributed by atoms with Gasteiger partial charge in [0.15, 0.2) is 0 Å². The summed E-state index contributed by atoms with van der Waals surface area (Å²) >= 11 is 0. The van der Waals surface area contributed by atoms with E-state index in [2.05, 4.69) is 16.4 Å². The third kappa shape index (κ3) is 1.70. The van der Waals surface area contributed by atoms with E-state index in [1.54, 1.807) is 0 Å². The van der Waals surface area contributed by atoms with Crippen LogP contribution in [0.2, 0.25) is 0 Å². The van der Waals surface area contributed by atoms with Crippen LogP contribution in [-0.4, -0.2) is 11.5 Å². The zero-order valence-electron chi connectivity index (χ0n) is 7.09. The molecule has 60 valence electrons. The number of hydrogen-bond donors (Lipinski definition) is 1. The van der Waals surface area contributed by atoms with Crippen molar-refractivity contribution in [3.63, 3.8) is 0 Å². The van der Waals surface area contributed by atoms with Crippen LogP contribution in [0.5, 0.6) is 0 Å². The minimum absolute atomic E-state index is 1.07. The van der Waals surface area contributed by atoms with Gasteiger partial charge in [0.05, 0.1) is 11.9 Å². The minimum Gasteiger partial charge on any atom is -0.383 e. The van der Waals surface area contributed by atoms with E-state index in [0.717, 1.165) is 13.0 Å². The van der Waals surface area contributed by atoms with Crippen molar-refractivity contribution in [2.45, 2.75) is 20.3 Å². The molecule has 0 bridgehead atoms. The molecule has 0 saturated heterocycles. The van der Waals surface area contributed by atoms with Crippen molar-refractivity contribution in [1.82, 2.24) is 4.98 Å². The van der Waals surface area contributed by atoms with Gasteiger partial charge in [-0.3, -0.25) is 4.98 Å². The summed E-state index contributed by atoms with van der Waals surface area (Å²) in [5, 5.41) is 3.24.